The summed E-state index contributed by atoms with van der Waals surface area (Å²) in [4.78, 5) is 24.4. The van der Waals surface area contributed by atoms with Crippen LogP contribution in [0.5, 0.6) is 0 Å². The molecule has 0 radical (unpaired) electrons. The van der Waals surface area contributed by atoms with Crippen molar-refractivity contribution in [1.29, 1.82) is 5.26 Å². The fourth-order valence-electron chi connectivity index (χ4n) is 2.22. The summed E-state index contributed by atoms with van der Waals surface area (Å²) < 4.78 is 11.8. The molecule has 28 heavy (non-hydrogen) atoms. The van der Waals surface area contributed by atoms with Gasteiger partial charge in [0.2, 0.25) is 0 Å². The van der Waals surface area contributed by atoms with Crippen LogP contribution >= 0.6 is 34.2 Å². The molecule has 0 aliphatic rings. The minimum absolute atomic E-state index is 0.149. The largest absolute Gasteiger partial charge is 0.380 e. The molecule has 2 amide bonds. The van der Waals surface area contributed by atoms with E-state index in [4.69, 9.17) is 16.9 Å². The average Bonchev–Trinajstić information content (AvgIpc) is 2.67. The van der Waals surface area contributed by atoms with Gasteiger partial charge in [-0.3, -0.25) is 20.4 Å². The van der Waals surface area contributed by atoms with E-state index in [-0.39, 0.29) is 16.1 Å². The molecule has 0 saturated carbocycles. The number of carbonyl (C=O) groups excluding carboxylic acids is 2. The predicted molar refractivity (Wildman–Crippen MR) is 110 cm³/mol. The van der Waals surface area contributed by atoms with Crippen molar-refractivity contribution in [1.82, 2.24) is 10.9 Å². The standard InChI is InChI=1S/C18H15ClFIN4O3/c1-9-13(7-4-11(8-22)14(9)19)23-15(16(21)26)18(28)25-24-17(27)10-2-5-12(20)6-3-10/h2-7,15-16,23,26H,1H3,(H,24,27)(H,25,28)/t15-,16+/m1/s1. The van der Waals surface area contributed by atoms with Crippen LogP contribution in [0.4, 0.5) is 10.1 Å². The Hall–Kier alpha value is -2.42. The van der Waals surface area contributed by atoms with Crippen LogP contribution in [0.15, 0.2) is 36.4 Å². The van der Waals surface area contributed by atoms with Crippen molar-refractivity contribution in [3.05, 3.63) is 63.9 Å². The second-order valence-corrected chi connectivity index (χ2v) is 7.31. The van der Waals surface area contributed by atoms with Gasteiger partial charge in [-0.1, -0.05) is 11.6 Å². The third-order valence-electron chi connectivity index (χ3n) is 3.78. The van der Waals surface area contributed by atoms with Crippen LogP contribution in [0.1, 0.15) is 21.5 Å². The van der Waals surface area contributed by atoms with Crippen LogP contribution in [-0.4, -0.2) is 27.1 Å². The lowest BCUT2D eigenvalue weighted by Crippen LogP contribution is -2.51. The molecule has 7 nitrogen and oxygen atoms in total. The summed E-state index contributed by atoms with van der Waals surface area (Å²) in [5.74, 6) is -1.85. The number of halogens is 3. The molecule has 0 bridgehead atoms. The molecule has 2 aromatic rings. The Balaban J connectivity index is 2.08. The van der Waals surface area contributed by atoms with Crippen LogP contribution in [-0.2, 0) is 4.79 Å². The zero-order chi connectivity index (χ0) is 20.8. The van der Waals surface area contributed by atoms with E-state index < -0.39 is 27.8 Å². The van der Waals surface area contributed by atoms with Gasteiger partial charge in [-0.2, -0.15) is 5.26 Å². The van der Waals surface area contributed by atoms with E-state index in [9.17, 15) is 19.1 Å². The van der Waals surface area contributed by atoms with Crippen LogP contribution in [0.25, 0.3) is 0 Å². The lowest BCUT2D eigenvalue weighted by Gasteiger charge is -2.22. The molecular formula is C18H15ClFIN4O3. The van der Waals surface area contributed by atoms with Gasteiger partial charge >= 0.3 is 0 Å². The van der Waals surface area contributed by atoms with Crippen molar-refractivity contribution < 1.29 is 19.1 Å². The highest BCUT2D eigenvalue weighted by atomic mass is 127. The molecule has 0 aliphatic heterocycles. The molecule has 0 unspecified atom stereocenters. The number of hydrogen-bond donors (Lipinski definition) is 4. The maximum atomic E-state index is 12.9. The van der Waals surface area contributed by atoms with E-state index >= 15 is 0 Å². The molecule has 10 heteroatoms. The summed E-state index contributed by atoms with van der Waals surface area (Å²) in [6, 6.07) is 8.65. The lowest BCUT2D eigenvalue weighted by molar-refractivity contribution is -0.123. The van der Waals surface area contributed by atoms with Gasteiger partial charge in [-0.15, -0.1) is 0 Å². The van der Waals surface area contributed by atoms with Crippen LogP contribution < -0.4 is 16.2 Å². The van der Waals surface area contributed by atoms with E-state index in [1.54, 1.807) is 35.6 Å². The second-order valence-electron chi connectivity index (χ2n) is 5.66. The number of hydrogen-bond acceptors (Lipinski definition) is 5. The number of rotatable bonds is 5. The number of carbonyl (C=O) groups is 2. The molecular weight excluding hydrogens is 502 g/mol. The van der Waals surface area contributed by atoms with Crippen molar-refractivity contribution in [2.24, 2.45) is 0 Å². The summed E-state index contributed by atoms with van der Waals surface area (Å²) in [5, 5.41) is 22.0. The molecule has 0 fully saturated rings. The third-order valence-corrected chi connectivity index (χ3v) is 4.99. The first-order valence-corrected chi connectivity index (χ1v) is 9.50. The maximum absolute atomic E-state index is 12.9. The summed E-state index contributed by atoms with van der Waals surface area (Å²) in [5.41, 5.74) is 5.82. The van der Waals surface area contributed by atoms with Crippen molar-refractivity contribution in [3.63, 3.8) is 0 Å². The number of anilines is 1. The van der Waals surface area contributed by atoms with Gasteiger partial charge in [0.15, 0.2) is 0 Å². The van der Waals surface area contributed by atoms with Crippen LogP contribution in [0.3, 0.4) is 0 Å². The molecule has 2 aromatic carbocycles. The van der Waals surface area contributed by atoms with Crippen molar-refractivity contribution in [2.75, 3.05) is 5.32 Å². The fraction of sp³-hybridized carbons (Fsp3) is 0.167. The van der Waals surface area contributed by atoms with Gasteiger partial charge in [0, 0.05) is 11.3 Å². The smallest absolute Gasteiger partial charge is 0.269 e. The minimum Gasteiger partial charge on any atom is -0.380 e. The highest BCUT2D eigenvalue weighted by Gasteiger charge is 2.26. The topological polar surface area (TPSA) is 114 Å². The first-order valence-electron chi connectivity index (χ1n) is 7.88. The Labute approximate surface area is 179 Å². The number of nitrogens with zero attached hydrogens (tertiary/aromatic N) is 1. The van der Waals surface area contributed by atoms with Gasteiger partial charge < -0.3 is 10.4 Å². The molecule has 2 atom stereocenters. The Kier molecular flexibility index (Phi) is 7.56. The van der Waals surface area contributed by atoms with Gasteiger partial charge in [0.25, 0.3) is 11.8 Å². The van der Waals surface area contributed by atoms with Gasteiger partial charge in [0.1, 0.15) is 22.0 Å². The summed E-state index contributed by atoms with van der Waals surface area (Å²) in [7, 11) is 0. The van der Waals surface area contributed by atoms with E-state index in [0.29, 0.717) is 11.3 Å². The van der Waals surface area contributed by atoms with E-state index in [0.717, 1.165) is 12.1 Å². The van der Waals surface area contributed by atoms with E-state index in [2.05, 4.69) is 16.2 Å². The maximum Gasteiger partial charge on any atom is 0.269 e. The first kappa shape index (κ1) is 21.9. The number of aliphatic hydroxyl groups excluding tert-OH is 1. The Bertz CT molecular complexity index is 932. The van der Waals surface area contributed by atoms with E-state index in [1.807, 2.05) is 6.07 Å². The predicted octanol–water partition coefficient (Wildman–Crippen LogP) is 2.65. The Morgan fingerprint density at radius 3 is 2.43 bits per heavy atom. The zero-order valence-electron chi connectivity index (χ0n) is 14.5. The van der Waals surface area contributed by atoms with Crippen LogP contribution in [0, 0.1) is 24.1 Å². The Morgan fingerprint density at radius 1 is 1.21 bits per heavy atom. The molecule has 4 N–H and O–H groups in total. The number of aliphatic hydroxyl groups is 1. The zero-order valence-corrected chi connectivity index (χ0v) is 17.4. The number of nitriles is 1. The quantitative estimate of drug-likeness (QED) is 0.277. The normalized spacial score (nSPS) is 12.4. The Morgan fingerprint density at radius 2 is 1.86 bits per heavy atom. The number of nitrogens with one attached hydrogen (secondary N) is 3. The number of benzene rings is 2. The molecule has 0 spiro atoms. The number of hydrazine groups is 1. The third kappa shape index (κ3) is 5.31. The van der Waals surface area contributed by atoms with Crippen LogP contribution in [0.2, 0.25) is 5.02 Å². The summed E-state index contributed by atoms with van der Waals surface area (Å²) >= 11 is 7.76. The van der Waals surface area contributed by atoms with Gasteiger partial charge in [0.05, 0.1) is 10.6 Å². The number of amides is 2. The monoisotopic (exact) mass is 516 g/mol. The van der Waals surface area contributed by atoms with Crippen molar-refractivity contribution in [2.45, 2.75) is 17.1 Å². The summed E-state index contributed by atoms with van der Waals surface area (Å²) in [6.45, 7) is 1.66. The van der Waals surface area contributed by atoms with E-state index in [1.165, 1.54) is 18.2 Å². The highest BCUT2D eigenvalue weighted by molar-refractivity contribution is 14.1. The average molecular weight is 517 g/mol. The SMILES string of the molecule is Cc1c(N[C@@H](C(=O)NNC(=O)c2ccc(F)cc2)[C@H](O)I)ccc(C#N)c1Cl. The molecule has 0 saturated heterocycles. The van der Waals surface area contributed by atoms with Gasteiger partial charge in [-0.25, -0.2) is 4.39 Å². The fourth-order valence-corrected chi connectivity index (χ4v) is 2.94. The molecule has 146 valence electrons. The molecule has 0 aliphatic carbocycles. The minimum atomic E-state index is -1.14. The van der Waals surface area contributed by atoms with Crippen molar-refractivity contribution >= 4 is 51.7 Å². The second kappa shape index (κ2) is 9.68. The van der Waals surface area contributed by atoms with Gasteiger partial charge in [-0.05, 0) is 71.5 Å². The molecule has 2 rings (SSSR count). The molecule has 0 aromatic heterocycles. The molecule has 0 heterocycles. The van der Waals surface area contributed by atoms with Crippen molar-refractivity contribution in [3.8, 4) is 6.07 Å². The lowest BCUT2D eigenvalue weighted by atomic mass is 10.1. The highest BCUT2D eigenvalue weighted by Crippen LogP contribution is 2.28. The first-order chi connectivity index (χ1) is 13.2. The number of alkyl halides is 1. The summed E-state index contributed by atoms with van der Waals surface area (Å²) in [6.07, 6.45) is 0.